The quantitative estimate of drug-likeness (QED) is 0.541. The van der Waals surface area contributed by atoms with Crippen LogP contribution in [-0.4, -0.2) is 55.0 Å². The number of imide groups is 1. The van der Waals surface area contributed by atoms with Gasteiger partial charge in [0.25, 0.3) is 11.8 Å². The molecule has 3 aliphatic rings. The van der Waals surface area contributed by atoms with Gasteiger partial charge in [-0.15, -0.1) is 0 Å². The fraction of sp³-hybridized carbons (Fsp3) is 0.583. The summed E-state index contributed by atoms with van der Waals surface area (Å²) >= 11 is 0. The zero-order chi connectivity index (χ0) is 21.1. The summed E-state index contributed by atoms with van der Waals surface area (Å²) < 4.78 is 10.8. The van der Waals surface area contributed by atoms with Crippen molar-refractivity contribution in [1.29, 1.82) is 0 Å². The maximum atomic E-state index is 13.7. The topological polar surface area (TPSA) is 59.1 Å². The second-order valence-corrected chi connectivity index (χ2v) is 8.47. The minimum atomic E-state index is -0.153. The van der Waals surface area contributed by atoms with Crippen LogP contribution in [-0.2, 0) is 9.59 Å². The molecule has 30 heavy (non-hydrogen) atoms. The molecule has 0 unspecified atom stereocenters. The van der Waals surface area contributed by atoms with E-state index >= 15 is 0 Å². The fourth-order valence-electron chi connectivity index (χ4n) is 5.05. The van der Waals surface area contributed by atoms with E-state index in [0.717, 1.165) is 57.2 Å². The van der Waals surface area contributed by atoms with Gasteiger partial charge in [0.15, 0.2) is 11.5 Å². The van der Waals surface area contributed by atoms with E-state index in [4.69, 9.17) is 9.47 Å². The highest BCUT2D eigenvalue weighted by atomic mass is 16.5. The van der Waals surface area contributed by atoms with Gasteiger partial charge in [0, 0.05) is 19.1 Å². The maximum absolute atomic E-state index is 13.7. The molecule has 1 aliphatic carbocycles. The van der Waals surface area contributed by atoms with Crippen LogP contribution in [0.4, 0.5) is 0 Å². The van der Waals surface area contributed by atoms with Crippen molar-refractivity contribution in [1.82, 2.24) is 9.80 Å². The van der Waals surface area contributed by atoms with Gasteiger partial charge in [-0.2, -0.15) is 0 Å². The highest BCUT2D eigenvalue weighted by Crippen LogP contribution is 2.39. The van der Waals surface area contributed by atoms with Crippen LogP contribution in [0.25, 0.3) is 5.57 Å². The van der Waals surface area contributed by atoms with Gasteiger partial charge >= 0.3 is 0 Å². The summed E-state index contributed by atoms with van der Waals surface area (Å²) in [5, 5.41) is 0. The first-order chi connectivity index (χ1) is 14.7. The number of rotatable bonds is 5. The Labute approximate surface area is 178 Å². The molecule has 4 rings (SSSR count). The molecule has 1 saturated carbocycles. The first-order valence-electron chi connectivity index (χ1n) is 11.2. The third kappa shape index (κ3) is 3.80. The first kappa shape index (κ1) is 20.8. The van der Waals surface area contributed by atoms with Crippen molar-refractivity contribution in [2.24, 2.45) is 0 Å². The molecule has 2 amide bonds. The third-order valence-corrected chi connectivity index (χ3v) is 6.63. The van der Waals surface area contributed by atoms with Crippen LogP contribution in [0.15, 0.2) is 23.9 Å². The van der Waals surface area contributed by atoms with Crippen molar-refractivity contribution < 1.29 is 19.1 Å². The molecule has 0 N–H and O–H groups in total. The average molecular weight is 413 g/mol. The molecule has 162 valence electrons. The largest absolute Gasteiger partial charge is 0.493 e. The molecule has 2 heterocycles. The summed E-state index contributed by atoms with van der Waals surface area (Å²) in [4.78, 5) is 31.0. The maximum Gasteiger partial charge on any atom is 0.278 e. The number of likely N-dealkylation sites (tertiary alicyclic amines) is 1. The van der Waals surface area contributed by atoms with E-state index in [-0.39, 0.29) is 17.9 Å². The van der Waals surface area contributed by atoms with E-state index in [2.05, 4.69) is 4.90 Å². The van der Waals surface area contributed by atoms with Crippen LogP contribution < -0.4 is 9.47 Å². The van der Waals surface area contributed by atoms with Crippen molar-refractivity contribution in [3.8, 4) is 11.5 Å². The Morgan fingerprint density at radius 2 is 1.43 bits per heavy atom. The van der Waals surface area contributed by atoms with E-state index in [0.29, 0.717) is 22.8 Å². The van der Waals surface area contributed by atoms with Gasteiger partial charge in [-0.1, -0.05) is 31.7 Å². The molecular weight excluding hydrogens is 380 g/mol. The SMILES string of the molecule is COc1ccc(C2=C(N3CCCCC3)C(=O)N(C3CCCCCC3)C2=O)cc1OC. The lowest BCUT2D eigenvalue weighted by Crippen LogP contribution is -2.43. The van der Waals surface area contributed by atoms with E-state index in [1.165, 1.54) is 19.3 Å². The Balaban J connectivity index is 1.77. The number of amides is 2. The molecule has 2 aliphatic heterocycles. The minimum absolute atomic E-state index is 0.00457. The lowest BCUT2D eigenvalue weighted by atomic mass is 10.0. The predicted octanol–water partition coefficient (Wildman–Crippen LogP) is 3.99. The highest BCUT2D eigenvalue weighted by Gasteiger charge is 2.45. The molecule has 6 nitrogen and oxygen atoms in total. The second kappa shape index (κ2) is 9.11. The van der Waals surface area contributed by atoms with Crippen LogP contribution in [0.3, 0.4) is 0 Å². The fourth-order valence-corrected chi connectivity index (χ4v) is 5.05. The van der Waals surface area contributed by atoms with Gasteiger partial charge in [0.2, 0.25) is 0 Å². The first-order valence-corrected chi connectivity index (χ1v) is 11.2. The average Bonchev–Trinajstić information content (AvgIpc) is 2.94. The number of piperidine rings is 1. The van der Waals surface area contributed by atoms with Crippen molar-refractivity contribution in [3.05, 3.63) is 29.5 Å². The number of benzene rings is 1. The second-order valence-electron chi connectivity index (χ2n) is 8.47. The molecule has 1 aromatic rings. The molecule has 1 saturated heterocycles. The van der Waals surface area contributed by atoms with E-state index in [9.17, 15) is 9.59 Å². The Morgan fingerprint density at radius 1 is 0.800 bits per heavy atom. The van der Waals surface area contributed by atoms with Gasteiger partial charge in [0.1, 0.15) is 5.70 Å². The van der Waals surface area contributed by atoms with Crippen molar-refractivity contribution in [3.63, 3.8) is 0 Å². The lowest BCUT2D eigenvalue weighted by Gasteiger charge is -2.31. The molecule has 0 atom stereocenters. The van der Waals surface area contributed by atoms with Gasteiger partial charge in [-0.3, -0.25) is 14.5 Å². The number of carbonyl (C=O) groups excluding carboxylic acids is 2. The molecule has 6 heteroatoms. The van der Waals surface area contributed by atoms with E-state index in [1.807, 2.05) is 12.1 Å². The number of carbonyl (C=O) groups is 2. The van der Waals surface area contributed by atoms with Crippen LogP contribution in [0.1, 0.15) is 63.4 Å². The molecule has 0 radical (unpaired) electrons. The van der Waals surface area contributed by atoms with Crippen LogP contribution in [0, 0.1) is 0 Å². The standard InChI is InChI=1S/C24H32N2O4/c1-29-19-13-12-17(16-20(19)30-2)21-22(25-14-8-5-9-15-25)24(28)26(23(21)27)18-10-6-3-4-7-11-18/h12-13,16,18H,3-11,14-15H2,1-2H3. The van der Waals surface area contributed by atoms with E-state index < -0.39 is 0 Å². The number of ether oxygens (including phenoxy) is 2. The van der Waals surface area contributed by atoms with Crippen LogP contribution >= 0.6 is 0 Å². The summed E-state index contributed by atoms with van der Waals surface area (Å²) in [6.07, 6.45) is 9.60. The van der Waals surface area contributed by atoms with E-state index in [1.54, 1.807) is 25.2 Å². The number of hydrogen-bond acceptors (Lipinski definition) is 5. The molecule has 1 aromatic carbocycles. The predicted molar refractivity (Wildman–Crippen MR) is 115 cm³/mol. The summed E-state index contributed by atoms with van der Waals surface area (Å²) in [7, 11) is 3.18. The third-order valence-electron chi connectivity index (χ3n) is 6.63. The van der Waals surface area contributed by atoms with Gasteiger partial charge in [-0.05, 0) is 49.8 Å². The number of hydrogen-bond donors (Lipinski definition) is 0. The van der Waals surface area contributed by atoms with Gasteiger partial charge in [0.05, 0.1) is 19.8 Å². The normalized spacial score (nSPS) is 21.3. The Bertz CT molecular complexity index is 834. The minimum Gasteiger partial charge on any atom is -0.493 e. The number of nitrogens with zero attached hydrogens (tertiary/aromatic N) is 2. The lowest BCUT2D eigenvalue weighted by molar-refractivity contribution is -0.140. The summed E-state index contributed by atoms with van der Waals surface area (Å²) in [5.41, 5.74) is 1.82. The van der Waals surface area contributed by atoms with Crippen molar-refractivity contribution >= 4 is 17.4 Å². The summed E-state index contributed by atoms with van der Waals surface area (Å²) in [6.45, 7) is 1.65. The molecule has 2 fully saturated rings. The Hall–Kier alpha value is -2.50. The smallest absolute Gasteiger partial charge is 0.278 e. The van der Waals surface area contributed by atoms with Crippen molar-refractivity contribution in [2.45, 2.75) is 63.8 Å². The Morgan fingerprint density at radius 3 is 2.07 bits per heavy atom. The van der Waals surface area contributed by atoms with Crippen LogP contribution in [0.5, 0.6) is 11.5 Å². The summed E-state index contributed by atoms with van der Waals surface area (Å²) in [5.74, 6) is 0.908. The molecule has 0 aromatic heterocycles. The zero-order valence-corrected chi connectivity index (χ0v) is 18.1. The molecule has 0 spiro atoms. The monoisotopic (exact) mass is 412 g/mol. The number of methoxy groups -OCH3 is 2. The van der Waals surface area contributed by atoms with Gasteiger partial charge < -0.3 is 14.4 Å². The molecular formula is C24H32N2O4. The summed E-state index contributed by atoms with van der Waals surface area (Å²) in [6, 6.07) is 5.49. The van der Waals surface area contributed by atoms with Gasteiger partial charge in [-0.25, -0.2) is 0 Å². The van der Waals surface area contributed by atoms with Crippen LogP contribution in [0.2, 0.25) is 0 Å². The Kier molecular flexibility index (Phi) is 6.30. The zero-order valence-electron chi connectivity index (χ0n) is 18.1. The molecule has 0 bridgehead atoms. The van der Waals surface area contributed by atoms with Crippen molar-refractivity contribution in [2.75, 3.05) is 27.3 Å². The highest BCUT2D eigenvalue weighted by molar-refractivity contribution is 6.35.